The Bertz CT molecular complexity index is 1140. The highest BCUT2D eigenvalue weighted by Gasteiger charge is 2.20. The number of nitrogens with zero attached hydrogens (tertiary/aromatic N) is 2. The summed E-state index contributed by atoms with van der Waals surface area (Å²) in [6.45, 7) is 2.88. The molecule has 0 aliphatic rings. The molecule has 0 spiro atoms. The average molecular weight is 416 g/mol. The molecule has 2 N–H and O–H groups in total. The zero-order valence-corrected chi connectivity index (χ0v) is 16.9. The van der Waals surface area contributed by atoms with Crippen LogP contribution in [0.25, 0.3) is 11.4 Å². The van der Waals surface area contributed by atoms with Gasteiger partial charge in [-0.3, -0.25) is 4.79 Å². The molecule has 0 saturated heterocycles. The van der Waals surface area contributed by atoms with E-state index in [2.05, 4.69) is 20.2 Å². The molecule has 0 aliphatic heterocycles. The number of carbonyl (C=O) groups excluding carboxylic acids is 1. The summed E-state index contributed by atoms with van der Waals surface area (Å²) in [5.74, 6) is 0.726. The van der Waals surface area contributed by atoms with Crippen LogP contribution in [0.3, 0.4) is 0 Å². The Morgan fingerprint density at radius 2 is 1.97 bits per heavy atom. The predicted octanol–water partition coefficient (Wildman–Crippen LogP) is 2.28. The van der Waals surface area contributed by atoms with Crippen LogP contribution in [0.1, 0.15) is 11.5 Å². The molecule has 0 radical (unpaired) electrons. The lowest BCUT2D eigenvalue weighted by molar-refractivity contribution is -0.115. The number of aromatic nitrogens is 2. The molecule has 0 saturated carbocycles. The van der Waals surface area contributed by atoms with Gasteiger partial charge in [0.25, 0.3) is 0 Å². The highest BCUT2D eigenvalue weighted by atomic mass is 32.2. The molecule has 3 rings (SSSR count). The number of ether oxygens (including phenoxy) is 1. The van der Waals surface area contributed by atoms with Crippen molar-refractivity contribution in [3.05, 3.63) is 53.9 Å². The number of sulfonamides is 1. The Morgan fingerprint density at radius 1 is 1.17 bits per heavy atom. The van der Waals surface area contributed by atoms with Gasteiger partial charge < -0.3 is 14.6 Å². The average Bonchev–Trinajstić information content (AvgIpc) is 3.13. The molecular formula is C19H20N4O5S. The molecule has 9 nitrogen and oxygen atoms in total. The van der Waals surface area contributed by atoms with E-state index in [9.17, 15) is 13.2 Å². The van der Waals surface area contributed by atoms with Gasteiger partial charge in [-0.05, 0) is 30.7 Å². The normalized spacial score (nSPS) is 11.3. The highest BCUT2D eigenvalue weighted by molar-refractivity contribution is 7.89. The van der Waals surface area contributed by atoms with Crippen molar-refractivity contribution in [2.45, 2.75) is 18.7 Å². The molecule has 1 heterocycles. The number of aryl methyl sites for hydroxylation is 2. The molecule has 1 amide bonds. The number of nitrogens with one attached hydrogen (secondary N) is 2. The fraction of sp³-hybridized carbons (Fsp3) is 0.211. The lowest BCUT2D eigenvalue weighted by Gasteiger charge is -2.11. The van der Waals surface area contributed by atoms with Crippen LogP contribution in [0, 0.1) is 13.8 Å². The first-order chi connectivity index (χ1) is 13.8. The molecule has 152 valence electrons. The van der Waals surface area contributed by atoms with Gasteiger partial charge in [-0.25, -0.2) is 13.1 Å². The van der Waals surface area contributed by atoms with Crippen LogP contribution < -0.4 is 14.8 Å². The first-order valence-corrected chi connectivity index (χ1v) is 10.1. The van der Waals surface area contributed by atoms with Crippen LogP contribution in [-0.4, -0.2) is 38.1 Å². The summed E-state index contributed by atoms with van der Waals surface area (Å²) in [4.78, 5) is 16.3. The molecule has 10 heteroatoms. The van der Waals surface area contributed by atoms with Crippen LogP contribution in [-0.2, 0) is 14.8 Å². The Balaban J connectivity index is 1.73. The number of hydrogen-bond donors (Lipinski definition) is 2. The quantitative estimate of drug-likeness (QED) is 0.605. The third-order valence-corrected chi connectivity index (χ3v) is 5.58. The number of anilines is 1. The predicted molar refractivity (Wildman–Crippen MR) is 106 cm³/mol. The SMILES string of the molecule is COc1cccc(NC(=O)CNS(=O)(=O)c2cc(-c3noc(C)n3)ccc2C)c1. The van der Waals surface area contributed by atoms with E-state index >= 15 is 0 Å². The number of rotatable bonds is 7. The number of benzene rings is 2. The lowest BCUT2D eigenvalue weighted by Crippen LogP contribution is -2.33. The Hall–Kier alpha value is -3.24. The van der Waals surface area contributed by atoms with E-state index in [1.807, 2.05) is 0 Å². The highest BCUT2D eigenvalue weighted by Crippen LogP contribution is 2.23. The van der Waals surface area contributed by atoms with Gasteiger partial charge in [0.15, 0.2) is 0 Å². The maximum absolute atomic E-state index is 12.7. The van der Waals surface area contributed by atoms with E-state index in [4.69, 9.17) is 9.26 Å². The summed E-state index contributed by atoms with van der Waals surface area (Å²) in [5.41, 5.74) is 1.52. The van der Waals surface area contributed by atoms with Gasteiger partial charge in [-0.1, -0.05) is 23.4 Å². The molecule has 0 aliphatic carbocycles. The topological polar surface area (TPSA) is 123 Å². The number of methoxy groups -OCH3 is 1. The van der Waals surface area contributed by atoms with E-state index in [-0.39, 0.29) is 10.7 Å². The second-order valence-corrected chi connectivity index (χ2v) is 7.96. The maximum atomic E-state index is 12.7. The Morgan fingerprint density at radius 3 is 2.66 bits per heavy atom. The van der Waals surface area contributed by atoms with E-state index < -0.39 is 22.5 Å². The van der Waals surface area contributed by atoms with Crippen molar-refractivity contribution in [1.29, 1.82) is 0 Å². The number of amides is 1. The van der Waals surface area contributed by atoms with Crippen LogP contribution in [0.2, 0.25) is 0 Å². The monoisotopic (exact) mass is 416 g/mol. The maximum Gasteiger partial charge on any atom is 0.241 e. The second-order valence-electron chi connectivity index (χ2n) is 6.22. The van der Waals surface area contributed by atoms with Gasteiger partial charge in [0.05, 0.1) is 18.6 Å². The van der Waals surface area contributed by atoms with E-state index in [0.717, 1.165) is 0 Å². The molecule has 3 aromatic rings. The Labute approximate surface area is 168 Å². The van der Waals surface area contributed by atoms with Crippen molar-refractivity contribution in [3.8, 4) is 17.1 Å². The first kappa shape index (κ1) is 20.5. The molecule has 0 bridgehead atoms. The van der Waals surface area contributed by atoms with Crippen LogP contribution >= 0.6 is 0 Å². The second kappa shape index (κ2) is 8.41. The minimum absolute atomic E-state index is 0.0339. The van der Waals surface area contributed by atoms with Gasteiger partial charge in [-0.15, -0.1) is 0 Å². The zero-order chi connectivity index (χ0) is 21.0. The number of hydrogen-bond acceptors (Lipinski definition) is 7. The third-order valence-electron chi connectivity index (χ3n) is 4.04. The summed E-state index contributed by atoms with van der Waals surface area (Å²) in [6, 6.07) is 11.6. The molecule has 2 aromatic carbocycles. The molecular weight excluding hydrogens is 396 g/mol. The van der Waals surface area contributed by atoms with Crippen molar-refractivity contribution >= 4 is 21.6 Å². The van der Waals surface area contributed by atoms with Gasteiger partial charge in [0.1, 0.15) is 5.75 Å². The van der Waals surface area contributed by atoms with Gasteiger partial charge >= 0.3 is 0 Å². The minimum atomic E-state index is -3.94. The molecule has 0 atom stereocenters. The fourth-order valence-corrected chi connectivity index (χ4v) is 3.84. The summed E-state index contributed by atoms with van der Waals surface area (Å²) < 4.78 is 37.8. The smallest absolute Gasteiger partial charge is 0.241 e. The van der Waals surface area contributed by atoms with Crippen LogP contribution in [0.15, 0.2) is 51.9 Å². The molecule has 29 heavy (non-hydrogen) atoms. The van der Waals surface area contributed by atoms with Gasteiger partial charge in [0.2, 0.25) is 27.6 Å². The standard InChI is InChI=1S/C19H20N4O5S/c1-12-7-8-14(19-21-13(2)28-23-19)9-17(12)29(25,26)20-11-18(24)22-15-5-4-6-16(10-15)27-3/h4-10,20H,11H2,1-3H3,(H,22,24). The summed E-state index contributed by atoms with van der Waals surface area (Å²) in [6.07, 6.45) is 0. The van der Waals surface area contributed by atoms with Gasteiger partial charge in [0, 0.05) is 24.2 Å². The number of carbonyl (C=O) groups is 1. The largest absolute Gasteiger partial charge is 0.497 e. The Kier molecular flexibility index (Phi) is 5.95. The molecule has 0 fully saturated rings. The summed E-state index contributed by atoms with van der Waals surface area (Å²) in [7, 11) is -2.42. The summed E-state index contributed by atoms with van der Waals surface area (Å²) in [5, 5.41) is 6.42. The van der Waals surface area contributed by atoms with E-state index in [0.29, 0.717) is 28.5 Å². The van der Waals surface area contributed by atoms with Crippen molar-refractivity contribution in [1.82, 2.24) is 14.9 Å². The van der Waals surface area contributed by atoms with E-state index in [1.54, 1.807) is 50.2 Å². The van der Waals surface area contributed by atoms with E-state index in [1.165, 1.54) is 13.2 Å². The van der Waals surface area contributed by atoms with Gasteiger partial charge in [-0.2, -0.15) is 4.98 Å². The fourth-order valence-electron chi connectivity index (χ4n) is 2.59. The van der Waals surface area contributed by atoms with Crippen molar-refractivity contribution < 1.29 is 22.5 Å². The van der Waals surface area contributed by atoms with Crippen molar-refractivity contribution in [2.75, 3.05) is 19.0 Å². The van der Waals surface area contributed by atoms with Crippen LogP contribution in [0.4, 0.5) is 5.69 Å². The van der Waals surface area contributed by atoms with Crippen LogP contribution in [0.5, 0.6) is 5.75 Å². The summed E-state index contributed by atoms with van der Waals surface area (Å²) >= 11 is 0. The van der Waals surface area contributed by atoms with Crippen molar-refractivity contribution in [3.63, 3.8) is 0 Å². The lowest BCUT2D eigenvalue weighted by atomic mass is 10.1. The minimum Gasteiger partial charge on any atom is -0.497 e. The molecule has 0 unspecified atom stereocenters. The first-order valence-electron chi connectivity index (χ1n) is 8.63. The zero-order valence-electron chi connectivity index (χ0n) is 16.1. The molecule has 1 aromatic heterocycles. The van der Waals surface area contributed by atoms with Crippen molar-refractivity contribution in [2.24, 2.45) is 0 Å². The third kappa shape index (κ3) is 4.98.